The topological polar surface area (TPSA) is 93.6 Å². The van der Waals surface area contributed by atoms with Gasteiger partial charge in [0.1, 0.15) is 23.9 Å². The van der Waals surface area contributed by atoms with Gasteiger partial charge in [-0.2, -0.15) is 0 Å². The van der Waals surface area contributed by atoms with Crippen LogP contribution in [0.3, 0.4) is 0 Å². The number of aliphatic hydroxyl groups excluding tert-OH is 1. The van der Waals surface area contributed by atoms with E-state index in [0.29, 0.717) is 42.0 Å². The van der Waals surface area contributed by atoms with Crippen molar-refractivity contribution in [2.75, 3.05) is 16.8 Å². The zero-order chi connectivity index (χ0) is 31.0. The summed E-state index contributed by atoms with van der Waals surface area (Å²) in [5.41, 5.74) is 4.75. The number of unbranched alkanes of at least 4 members (excludes halogenated alkanes) is 1. The number of nitrogens with one attached hydrogen (secondary N) is 2. The van der Waals surface area contributed by atoms with Crippen LogP contribution in [0.5, 0.6) is 0 Å². The number of halogens is 1. The highest BCUT2D eigenvalue weighted by Crippen LogP contribution is 2.29. The Labute approximate surface area is 258 Å². The van der Waals surface area contributed by atoms with Crippen molar-refractivity contribution in [3.05, 3.63) is 100 Å². The molecule has 1 saturated heterocycles. The maximum atomic E-state index is 15.5. The minimum atomic E-state index is -1.11. The van der Waals surface area contributed by atoms with Crippen molar-refractivity contribution in [3.8, 4) is 0 Å². The highest BCUT2D eigenvalue weighted by Gasteiger charge is 2.39. The van der Waals surface area contributed by atoms with Gasteiger partial charge in [-0.05, 0) is 58.6 Å². The van der Waals surface area contributed by atoms with Crippen LogP contribution in [0.1, 0.15) is 68.4 Å². The van der Waals surface area contributed by atoms with Crippen LogP contribution in [-0.2, 0) is 47.3 Å². The number of ether oxygens (including phenoxy) is 1. The van der Waals surface area contributed by atoms with Crippen molar-refractivity contribution in [2.45, 2.75) is 84.1 Å². The number of hydrogen-bond donors (Lipinski definition) is 3. The number of carbonyl (C=O) groups excluding carboxylic acids is 1. The Balaban J connectivity index is 1.43. The van der Waals surface area contributed by atoms with Crippen LogP contribution < -0.4 is 10.6 Å². The molecule has 0 bridgehead atoms. The monoisotopic (exact) mass is 608 g/mol. The van der Waals surface area contributed by atoms with Crippen molar-refractivity contribution >= 4 is 23.0 Å². The van der Waals surface area contributed by atoms with E-state index in [0.717, 1.165) is 24.0 Å². The first-order chi connectivity index (χ1) is 20.5. The van der Waals surface area contributed by atoms with Gasteiger partial charge in [-0.15, -0.1) is 0 Å². The Hall–Kier alpha value is -2.91. The smallest absolute Gasteiger partial charge is 0.412 e. The quantitative estimate of drug-likeness (QED) is 0.212. The van der Waals surface area contributed by atoms with Gasteiger partial charge in [-0.1, -0.05) is 106 Å². The minimum absolute atomic E-state index is 0.0335. The third kappa shape index (κ3) is 9.54. The van der Waals surface area contributed by atoms with Crippen molar-refractivity contribution in [3.63, 3.8) is 0 Å². The number of benzene rings is 3. The number of carbonyl (C=O) groups is 1. The van der Waals surface area contributed by atoms with E-state index in [9.17, 15) is 14.5 Å². The molecule has 1 amide bonds. The lowest BCUT2D eigenvalue weighted by Gasteiger charge is -2.36. The molecule has 1 fully saturated rings. The van der Waals surface area contributed by atoms with Crippen LogP contribution in [-0.4, -0.2) is 39.4 Å². The molecule has 3 N–H and O–H groups in total. The number of aryl methyl sites for hydroxylation is 1. The molecule has 0 aliphatic carbocycles. The van der Waals surface area contributed by atoms with Gasteiger partial charge in [-0.3, -0.25) is 5.32 Å². The van der Waals surface area contributed by atoms with Crippen LogP contribution in [0.25, 0.3) is 0 Å². The van der Waals surface area contributed by atoms with Crippen molar-refractivity contribution in [1.29, 1.82) is 0 Å². The first kappa shape index (κ1) is 33.0. The summed E-state index contributed by atoms with van der Waals surface area (Å²) in [5, 5.41) is 17.4. The van der Waals surface area contributed by atoms with Gasteiger partial charge in [0.2, 0.25) is 0 Å². The predicted molar refractivity (Wildman–Crippen MR) is 172 cm³/mol. The van der Waals surface area contributed by atoms with Gasteiger partial charge < -0.3 is 19.7 Å². The first-order valence-electron chi connectivity index (χ1n) is 15.2. The number of anilines is 1. The molecule has 1 heterocycles. The van der Waals surface area contributed by atoms with Crippen molar-refractivity contribution in [1.82, 2.24) is 5.32 Å². The lowest BCUT2D eigenvalue weighted by molar-refractivity contribution is 0.0781. The number of hydrogen-bond acceptors (Lipinski definition) is 5. The fraction of sp³-hybridized carbons (Fsp3) is 0.457. The SMILES string of the molecule is CCCCc1cc(C[C@@H]2C[S+]([O-])C[C@H](NCc3cccc(C(C)(C)C)c3)[C@H]2O)cc(F)c1NC(=O)OCc1ccccc1. The van der Waals surface area contributed by atoms with Gasteiger partial charge in [0.15, 0.2) is 0 Å². The molecule has 0 spiro atoms. The minimum Gasteiger partial charge on any atom is -0.616 e. The van der Waals surface area contributed by atoms with Gasteiger partial charge in [0.25, 0.3) is 0 Å². The summed E-state index contributed by atoms with van der Waals surface area (Å²) in [6, 6.07) is 20.7. The fourth-order valence-electron chi connectivity index (χ4n) is 5.50. The second-order valence-electron chi connectivity index (χ2n) is 12.6. The maximum Gasteiger partial charge on any atom is 0.412 e. The lowest BCUT2D eigenvalue weighted by Crippen LogP contribution is -2.54. The van der Waals surface area contributed by atoms with E-state index in [2.05, 4.69) is 56.5 Å². The molecule has 4 rings (SSSR count). The molecule has 1 aliphatic rings. The van der Waals surface area contributed by atoms with Crippen LogP contribution in [0.2, 0.25) is 0 Å². The van der Waals surface area contributed by atoms with E-state index >= 15 is 4.39 Å². The van der Waals surface area contributed by atoms with E-state index < -0.39 is 29.2 Å². The molecule has 8 heteroatoms. The summed E-state index contributed by atoms with van der Waals surface area (Å²) in [6.45, 7) is 9.23. The van der Waals surface area contributed by atoms with Crippen LogP contribution in [0.15, 0.2) is 66.7 Å². The Morgan fingerprint density at radius 3 is 2.51 bits per heavy atom. The largest absolute Gasteiger partial charge is 0.616 e. The standard InChI is InChI=1S/C35H45FN2O4S/c1-5-6-14-27-16-26(19-30(36)32(27)38-34(40)42-21-24-11-8-7-9-12-24)17-28-22-43(41)23-31(33(28)39)37-20-25-13-10-15-29(18-25)35(2,3)4/h7-13,15-16,18-19,28,31,33,37,39H,5-6,14,17,20-23H2,1-4H3,(H,38,40)/t28-,31+,33+,43?/m1/s1. The molecule has 3 aromatic rings. The van der Waals surface area contributed by atoms with E-state index in [1.807, 2.05) is 42.5 Å². The van der Waals surface area contributed by atoms with E-state index in [1.54, 1.807) is 0 Å². The van der Waals surface area contributed by atoms with E-state index in [-0.39, 0.29) is 29.7 Å². The normalized spacial score (nSPS) is 20.5. The van der Waals surface area contributed by atoms with Gasteiger partial charge in [0, 0.05) is 12.5 Å². The summed E-state index contributed by atoms with van der Waals surface area (Å²) >= 11 is -1.11. The molecular weight excluding hydrogens is 563 g/mol. The molecule has 0 aromatic heterocycles. The Bertz CT molecular complexity index is 1350. The number of rotatable bonds is 11. The lowest BCUT2D eigenvalue weighted by atomic mass is 9.86. The maximum absolute atomic E-state index is 15.5. The predicted octanol–water partition coefficient (Wildman–Crippen LogP) is 6.65. The molecule has 3 aromatic carbocycles. The Morgan fingerprint density at radius 2 is 1.79 bits per heavy atom. The average Bonchev–Trinajstić information content (AvgIpc) is 2.97. The van der Waals surface area contributed by atoms with Gasteiger partial charge in [0.05, 0.1) is 17.8 Å². The molecule has 0 saturated carbocycles. The number of amides is 1. The van der Waals surface area contributed by atoms with Crippen LogP contribution >= 0.6 is 0 Å². The molecule has 6 nitrogen and oxygen atoms in total. The van der Waals surface area contributed by atoms with Gasteiger partial charge in [-0.25, -0.2) is 9.18 Å². The molecular formula is C35H45FN2O4S. The van der Waals surface area contributed by atoms with E-state index in [4.69, 9.17) is 4.74 Å². The first-order valence-corrected chi connectivity index (χ1v) is 16.7. The third-order valence-corrected chi connectivity index (χ3v) is 9.52. The van der Waals surface area contributed by atoms with Crippen LogP contribution in [0, 0.1) is 11.7 Å². The fourth-order valence-corrected chi connectivity index (χ4v) is 7.15. The highest BCUT2D eigenvalue weighted by molar-refractivity contribution is 7.91. The molecule has 1 unspecified atom stereocenters. The second kappa shape index (κ2) is 15.2. The summed E-state index contributed by atoms with van der Waals surface area (Å²) < 4.78 is 33.7. The second-order valence-corrected chi connectivity index (χ2v) is 14.1. The summed E-state index contributed by atoms with van der Waals surface area (Å²) in [5.74, 6) is -0.0989. The summed E-state index contributed by atoms with van der Waals surface area (Å²) in [6.07, 6.45) is 1.28. The molecule has 1 aliphatic heterocycles. The highest BCUT2D eigenvalue weighted by atomic mass is 32.2. The summed E-state index contributed by atoms with van der Waals surface area (Å²) in [7, 11) is 0. The molecule has 43 heavy (non-hydrogen) atoms. The summed E-state index contributed by atoms with van der Waals surface area (Å²) in [4.78, 5) is 12.5. The van der Waals surface area contributed by atoms with Gasteiger partial charge >= 0.3 is 6.09 Å². The Morgan fingerprint density at radius 1 is 1.05 bits per heavy atom. The zero-order valence-electron chi connectivity index (χ0n) is 25.7. The average molecular weight is 609 g/mol. The molecule has 4 atom stereocenters. The van der Waals surface area contributed by atoms with E-state index in [1.165, 1.54) is 11.6 Å². The Kier molecular flexibility index (Phi) is 11.7. The zero-order valence-corrected chi connectivity index (χ0v) is 26.5. The van der Waals surface area contributed by atoms with Crippen LogP contribution in [0.4, 0.5) is 14.9 Å². The van der Waals surface area contributed by atoms with Crippen molar-refractivity contribution in [2.24, 2.45) is 5.92 Å². The molecule has 232 valence electrons. The third-order valence-electron chi connectivity index (χ3n) is 7.99. The number of aliphatic hydroxyl groups is 1. The van der Waals surface area contributed by atoms with Crippen molar-refractivity contribution < 1.29 is 23.6 Å². The molecule has 0 radical (unpaired) electrons.